The van der Waals surface area contributed by atoms with E-state index in [0.717, 1.165) is 11.4 Å². The van der Waals surface area contributed by atoms with E-state index in [2.05, 4.69) is 10.6 Å². The highest BCUT2D eigenvalue weighted by Crippen LogP contribution is 2.30. The van der Waals surface area contributed by atoms with Gasteiger partial charge in [-0.3, -0.25) is 4.79 Å². The molecular formula is C21H25N3O5. The Labute approximate surface area is 169 Å². The van der Waals surface area contributed by atoms with E-state index in [9.17, 15) is 9.59 Å². The highest BCUT2D eigenvalue weighted by atomic mass is 16.5. The van der Waals surface area contributed by atoms with Crippen LogP contribution in [-0.2, 0) is 4.79 Å². The van der Waals surface area contributed by atoms with Gasteiger partial charge in [-0.25, -0.2) is 4.79 Å². The number of nitrogens with zero attached hydrogens (tertiary/aromatic N) is 1. The topological polar surface area (TPSA) is 89.1 Å². The first kappa shape index (κ1) is 20.3. The normalized spacial score (nSPS) is 15.8. The van der Waals surface area contributed by atoms with E-state index in [1.54, 1.807) is 30.2 Å². The van der Waals surface area contributed by atoms with Gasteiger partial charge in [-0.05, 0) is 43.3 Å². The Kier molecular flexibility index (Phi) is 6.43. The summed E-state index contributed by atoms with van der Waals surface area (Å²) in [5, 5.41) is 5.60. The van der Waals surface area contributed by atoms with Crippen molar-refractivity contribution in [1.82, 2.24) is 5.32 Å². The number of carbonyl (C=O) groups excluding carboxylic acids is 2. The summed E-state index contributed by atoms with van der Waals surface area (Å²) in [7, 11) is 3.08. The molecule has 2 aromatic rings. The Morgan fingerprint density at radius 1 is 1.10 bits per heavy atom. The van der Waals surface area contributed by atoms with Crippen LogP contribution in [0, 0.1) is 0 Å². The number of methoxy groups -OCH3 is 2. The highest BCUT2D eigenvalue weighted by molar-refractivity contribution is 5.97. The lowest BCUT2D eigenvalue weighted by Crippen LogP contribution is -2.39. The maximum Gasteiger partial charge on any atom is 0.319 e. The van der Waals surface area contributed by atoms with Gasteiger partial charge < -0.3 is 29.7 Å². The van der Waals surface area contributed by atoms with E-state index in [-0.39, 0.29) is 24.4 Å². The number of carbonyl (C=O) groups is 2. The van der Waals surface area contributed by atoms with Crippen molar-refractivity contribution in [2.45, 2.75) is 19.4 Å². The maximum atomic E-state index is 12.4. The van der Waals surface area contributed by atoms with Crippen molar-refractivity contribution in [3.63, 3.8) is 0 Å². The van der Waals surface area contributed by atoms with Crippen LogP contribution in [0.4, 0.5) is 16.2 Å². The van der Waals surface area contributed by atoms with Crippen LogP contribution < -0.4 is 29.7 Å². The largest absolute Gasteiger partial charge is 0.494 e. The molecule has 3 rings (SSSR count). The second-order valence-corrected chi connectivity index (χ2v) is 6.50. The molecule has 0 radical (unpaired) electrons. The smallest absolute Gasteiger partial charge is 0.319 e. The molecule has 0 bridgehead atoms. The van der Waals surface area contributed by atoms with Crippen molar-refractivity contribution >= 4 is 23.3 Å². The summed E-state index contributed by atoms with van der Waals surface area (Å²) in [6.07, 6.45) is 0.243. The van der Waals surface area contributed by atoms with Gasteiger partial charge in [0.05, 0.1) is 26.9 Å². The maximum absolute atomic E-state index is 12.4. The summed E-state index contributed by atoms with van der Waals surface area (Å²) in [6, 6.07) is 11.8. The molecule has 1 fully saturated rings. The first-order valence-electron chi connectivity index (χ1n) is 9.36. The summed E-state index contributed by atoms with van der Waals surface area (Å²) in [4.78, 5) is 26.4. The second kappa shape index (κ2) is 9.18. The number of benzene rings is 2. The monoisotopic (exact) mass is 399 g/mol. The summed E-state index contributed by atoms with van der Waals surface area (Å²) < 4.78 is 15.8. The molecule has 2 aromatic carbocycles. The van der Waals surface area contributed by atoms with E-state index in [0.29, 0.717) is 30.3 Å². The van der Waals surface area contributed by atoms with Crippen LogP contribution in [0.5, 0.6) is 17.2 Å². The zero-order chi connectivity index (χ0) is 20.8. The average molecular weight is 399 g/mol. The lowest BCUT2D eigenvalue weighted by Gasteiger charge is -2.18. The second-order valence-electron chi connectivity index (χ2n) is 6.50. The zero-order valence-electron chi connectivity index (χ0n) is 16.7. The summed E-state index contributed by atoms with van der Waals surface area (Å²) in [5.41, 5.74) is 1.34. The Morgan fingerprint density at radius 3 is 2.48 bits per heavy atom. The van der Waals surface area contributed by atoms with Crippen LogP contribution >= 0.6 is 0 Å². The van der Waals surface area contributed by atoms with Crippen LogP contribution in [-0.4, -0.2) is 45.4 Å². The fourth-order valence-corrected chi connectivity index (χ4v) is 3.21. The Bertz CT molecular complexity index is 869. The van der Waals surface area contributed by atoms with E-state index >= 15 is 0 Å². The lowest BCUT2D eigenvalue weighted by molar-refractivity contribution is -0.117. The third-order valence-corrected chi connectivity index (χ3v) is 4.56. The molecule has 8 nitrogen and oxygen atoms in total. The molecule has 1 aliphatic heterocycles. The minimum atomic E-state index is -0.386. The predicted octanol–water partition coefficient (Wildman–Crippen LogP) is 3.03. The van der Waals surface area contributed by atoms with Gasteiger partial charge in [0.1, 0.15) is 5.75 Å². The van der Waals surface area contributed by atoms with E-state index < -0.39 is 0 Å². The molecule has 0 aromatic heterocycles. The molecule has 1 aliphatic rings. The first-order valence-corrected chi connectivity index (χ1v) is 9.36. The Morgan fingerprint density at radius 2 is 1.83 bits per heavy atom. The van der Waals surface area contributed by atoms with Gasteiger partial charge in [0.15, 0.2) is 11.5 Å². The molecule has 29 heavy (non-hydrogen) atoms. The van der Waals surface area contributed by atoms with Crippen molar-refractivity contribution in [1.29, 1.82) is 0 Å². The minimum Gasteiger partial charge on any atom is -0.494 e. The number of ether oxygens (including phenoxy) is 3. The number of nitrogens with one attached hydrogen (secondary N) is 2. The number of hydrogen-bond donors (Lipinski definition) is 2. The van der Waals surface area contributed by atoms with Gasteiger partial charge in [0, 0.05) is 30.4 Å². The van der Waals surface area contributed by atoms with Crippen molar-refractivity contribution < 1.29 is 23.8 Å². The van der Waals surface area contributed by atoms with Crippen LogP contribution in [0.15, 0.2) is 42.5 Å². The number of urea groups is 1. The molecule has 2 N–H and O–H groups in total. The zero-order valence-corrected chi connectivity index (χ0v) is 16.7. The van der Waals surface area contributed by atoms with Crippen LogP contribution in [0.25, 0.3) is 0 Å². The summed E-state index contributed by atoms with van der Waals surface area (Å²) in [6.45, 7) is 2.91. The van der Waals surface area contributed by atoms with Crippen molar-refractivity contribution in [3.05, 3.63) is 42.5 Å². The average Bonchev–Trinajstić information content (AvgIpc) is 3.08. The quantitative estimate of drug-likeness (QED) is 0.747. The number of amides is 3. The molecule has 0 saturated carbocycles. The Balaban J connectivity index is 1.58. The van der Waals surface area contributed by atoms with E-state index in [1.807, 2.05) is 31.2 Å². The van der Waals surface area contributed by atoms with Crippen LogP contribution in [0.2, 0.25) is 0 Å². The molecular weight excluding hydrogens is 374 g/mol. The van der Waals surface area contributed by atoms with Crippen LogP contribution in [0.1, 0.15) is 13.3 Å². The molecule has 8 heteroatoms. The standard InChI is InChI=1S/C21H25N3O5/c1-4-29-17-8-6-16(7-9-17)24-13-15(12-20(24)25)23-21(26)22-14-5-10-18(27-2)19(11-14)28-3/h5-11,15H,4,12-13H2,1-3H3,(H2,22,23,26)/t15-/m0/s1. The third kappa shape index (κ3) is 4.90. The minimum absolute atomic E-state index is 0.0365. The van der Waals surface area contributed by atoms with Gasteiger partial charge in [0.2, 0.25) is 5.91 Å². The van der Waals surface area contributed by atoms with E-state index in [1.165, 1.54) is 7.11 Å². The number of rotatable bonds is 7. The van der Waals surface area contributed by atoms with Crippen molar-refractivity contribution in [2.75, 3.05) is 37.6 Å². The van der Waals surface area contributed by atoms with Gasteiger partial charge in [-0.15, -0.1) is 0 Å². The molecule has 0 spiro atoms. The molecule has 1 atom stereocenters. The molecule has 3 amide bonds. The van der Waals surface area contributed by atoms with Gasteiger partial charge in [-0.2, -0.15) is 0 Å². The van der Waals surface area contributed by atoms with Gasteiger partial charge in [0.25, 0.3) is 0 Å². The fraction of sp³-hybridized carbons (Fsp3) is 0.333. The van der Waals surface area contributed by atoms with Gasteiger partial charge >= 0.3 is 6.03 Å². The van der Waals surface area contributed by atoms with Crippen LogP contribution in [0.3, 0.4) is 0 Å². The van der Waals surface area contributed by atoms with E-state index in [4.69, 9.17) is 14.2 Å². The predicted molar refractivity (Wildman–Crippen MR) is 110 cm³/mol. The molecule has 0 aliphatic carbocycles. The van der Waals surface area contributed by atoms with Gasteiger partial charge in [-0.1, -0.05) is 0 Å². The number of hydrogen-bond acceptors (Lipinski definition) is 5. The molecule has 154 valence electrons. The molecule has 1 heterocycles. The first-order chi connectivity index (χ1) is 14.0. The summed E-state index contributed by atoms with van der Waals surface area (Å²) >= 11 is 0. The third-order valence-electron chi connectivity index (χ3n) is 4.56. The van der Waals surface area contributed by atoms with Crippen molar-refractivity contribution in [2.24, 2.45) is 0 Å². The summed E-state index contributed by atoms with van der Waals surface area (Å²) in [5.74, 6) is 1.81. The fourth-order valence-electron chi connectivity index (χ4n) is 3.21. The highest BCUT2D eigenvalue weighted by Gasteiger charge is 2.31. The number of anilines is 2. The SMILES string of the molecule is CCOc1ccc(N2C[C@@H](NC(=O)Nc3ccc(OC)c(OC)c3)CC2=O)cc1. The Hall–Kier alpha value is -3.42. The van der Waals surface area contributed by atoms with Crippen molar-refractivity contribution in [3.8, 4) is 17.2 Å². The molecule has 0 unspecified atom stereocenters. The molecule has 1 saturated heterocycles. The lowest BCUT2D eigenvalue weighted by atomic mass is 10.2.